The van der Waals surface area contributed by atoms with Gasteiger partial charge in [-0.3, -0.25) is 4.98 Å². The molecule has 1 N–H and O–H groups in total. The van der Waals surface area contributed by atoms with Crippen LogP contribution in [0.25, 0.3) is 5.57 Å². The Hall–Kier alpha value is -1.96. The minimum atomic E-state index is -0.0761. The van der Waals surface area contributed by atoms with Crippen LogP contribution in [-0.2, 0) is 0 Å². The number of hydrogen-bond donors (Lipinski definition) is 1. The lowest BCUT2D eigenvalue weighted by Gasteiger charge is -2.33. The molecule has 0 unspecified atom stereocenters. The summed E-state index contributed by atoms with van der Waals surface area (Å²) in [6.07, 6.45) is 6.24. The van der Waals surface area contributed by atoms with Crippen LogP contribution in [0.2, 0.25) is 0 Å². The number of nitrogens with zero attached hydrogens (tertiary/aromatic N) is 3. The zero-order valence-corrected chi connectivity index (χ0v) is 14.9. The maximum absolute atomic E-state index is 12.4. The normalized spacial score (nSPS) is 17.6. The second kappa shape index (κ2) is 7.08. The number of hydrogen-bond acceptors (Lipinski definition) is 3. The number of para-hydroxylation sites is 1. The van der Waals surface area contributed by atoms with Crippen molar-refractivity contribution in [3.8, 4) is 0 Å². The summed E-state index contributed by atoms with van der Waals surface area (Å²) in [6.45, 7) is 2.63. The van der Waals surface area contributed by atoms with Crippen LogP contribution in [0.5, 0.6) is 0 Å². The first kappa shape index (κ1) is 15.9. The van der Waals surface area contributed by atoms with Crippen LogP contribution in [0.3, 0.4) is 0 Å². The highest BCUT2D eigenvalue weighted by Gasteiger charge is 2.25. The summed E-state index contributed by atoms with van der Waals surface area (Å²) in [5.74, 6) is 0. The van der Waals surface area contributed by atoms with Gasteiger partial charge in [0, 0.05) is 30.7 Å². The minimum Gasteiger partial charge on any atom is -0.318 e. The maximum Gasteiger partial charge on any atom is 0.322 e. The number of urea groups is 1. The number of carbonyl (C=O) groups is 1. The summed E-state index contributed by atoms with van der Waals surface area (Å²) in [7, 11) is 0. The number of rotatable bonds is 2. The van der Waals surface area contributed by atoms with Crippen molar-refractivity contribution in [1.82, 2.24) is 14.9 Å². The third kappa shape index (κ3) is 3.69. The van der Waals surface area contributed by atoms with Crippen LogP contribution in [-0.4, -0.2) is 33.5 Å². The van der Waals surface area contributed by atoms with Crippen molar-refractivity contribution in [2.75, 3.05) is 11.9 Å². The van der Waals surface area contributed by atoms with Gasteiger partial charge < -0.3 is 10.2 Å². The van der Waals surface area contributed by atoms with Crippen molar-refractivity contribution in [1.29, 1.82) is 0 Å². The van der Waals surface area contributed by atoms with Crippen LogP contribution < -0.4 is 5.32 Å². The van der Waals surface area contributed by atoms with Crippen LogP contribution >= 0.6 is 22.6 Å². The lowest BCUT2D eigenvalue weighted by Crippen LogP contribution is -2.43. The fourth-order valence-electron chi connectivity index (χ4n) is 2.63. The van der Waals surface area contributed by atoms with E-state index < -0.39 is 0 Å². The average molecular weight is 420 g/mol. The van der Waals surface area contributed by atoms with Gasteiger partial charge >= 0.3 is 6.03 Å². The monoisotopic (exact) mass is 420 g/mol. The molecule has 1 aromatic heterocycles. The molecule has 0 saturated heterocycles. The molecule has 0 spiro atoms. The summed E-state index contributed by atoms with van der Waals surface area (Å²) < 4.78 is 0.894. The van der Waals surface area contributed by atoms with E-state index in [9.17, 15) is 4.79 Å². The fraction of sp³-hybridized carbons (Fsp3) is 0.235. The van der Waals surface area contributed by atoms with E-state index in [1.807, 2.05) is 35.2 Å². The number of halogens is 1. The molecule has 118 valence electrons. The van der Waals surface area contributed by atoms with Crippen LogP contribution in [0.1, 0.15) is 19.0 Å². The lowest BCUT2D eigenvalue weighted by molar-refractivity contribution is 0.198. The molecule has 1 aliphatic heterocycles. The predicted molar refractivity (Wildman–Crippen MR) is 99.0 cm³/mol. The molecule has 1 atom stereocenters. The Labute approximate surface area is 149 Å². The molecule has 23 heavy (non-hydrogen) atoms. The van der Waals surface area contributed by atoms with E-state index in [4.69, 9.17) is 0 Å². The van der Waals surface area contributed by atoms with E-state index in [0.29, 0.717) is 6.54 Å². The highest BCUT2D eigenvalue weighted by Crippen LogP contribution is 2.27. The van der Waals surface area contributed by atoms with Gasteiger partial charge in [0.15, 0.2) is 0 Å². The van der Waals surface area contributed by atoms with Gasteiger partial charge in [-0.15, -0.1) is 0 Å². The summed E-state index contributed by atoms with van der Waals surface area (Å²) in [6, 6.07) is 9.54. The zero-order valence-electron chi connectivity index (χ0n) is 12.7. The minimum absolute atomic E-state index is 0.0761. The molecule has 0 bridgehead atoms. The van der Waals surface area contributed by atoms with Crippen molar-refractivity contribution in [2.24, 2.45) is 0 Å². The SMILES string of the molecule is C[C@H]1CC(c2nccnc2I)=CCN1C(=O)Nc1ccccc1. The second-order valence-corrected chi connectivity index (χ2v) is 6.45. The van der Waals surface area contributed by atoms with Gasteiger partial charge in [-0.2, -0.15) is 0 Å². The van der Waals surface area contributed by atoms with E-state index in [0.717, 1.165) is 27.1 Å². The molecule has 2 heterocycles. The summed E-state index contributed by atoms with van der Waals surface area (Å²) in [5.41, 5.74) is 2.88. The number of amides is 2. The number of anilines is 1. The van der Waals surface area contributed by atoms with Crippen LogP contribution in [0.4, 0.5) is 10.5 Å². The van der Waals surface area contributed by atoms with E-state index in [1.165, 1.54) is 0 Å². The predicted octanol–water partition coefficient (Wildman–Crippen LogP) is 3.79. The van der Waals surface area contributed by atoms with Gasteiger partial charge in [0.25, 0.3) is 0 Å². The summed E-state index contributed by atoms with van der Waals surface area (Å²) in [4.78, 5) is 23.0. The van der Waals surface area contributed by atoms with Gasteiger partial charge in [0.2, 0.25) is 0 Å². The van der Waals surface area contributed by atoms with Gasteiger partial charge in [0.1, 0.15) is 3.70 Å². The summed E-state index contributed by atoms with van der Waals surface area (Å²) in [5, 5.41) is 2.94. The van der Waals surface area contributed by atoms with Crippen molar-refractivity contribution >= 4 is 39.9 Å². The van der Waals surface area contributed by atoms with Crippen molar-refractivity contribution in [3.05, 3.63) is 58.2 Å². The molecule has 0 saturated carbocycles. The van der Waals surface area contributed by atoms with Crippen molar-refractivity contribution in [2.45, 2.75) is 19.4 Å². The number of aromatic nitrogens is 2. The molecule has 1 aliphatic rings. The molecule has 5 nitrogen and oxygen atoms in total. The number of nitrogens with one attached hydrogen (secondary N) is 1. The molecule has 0 fully saturated rings. The largest absolute Gasteiger partial charge is 0.322 e. The number of carbonyl (C=O) groups excluding carboxylic acids is 1. The molecule has 0 radical (unpaired) electrons. The molecule has 0 aliphatic carbocycles. The Morgan fingerprint density at radius 2 is 2.00 bits per heavy atom. The van der Waals surface area contributed by atoms with Crippen LogP contribution in [0.15, 0.2) is 48.8 Å². The van der Waals surface area contributed by atoms with E-state index in [2.05, 4.69) is 50.9 Å². The Morgan fingerprint density at radius 1 is 1.26 bits per heavy atom. The van der Waals surface area contributed by atoms with Crippen LogP contribution in [0, 0.1) is 3.70 Å². The van der Waals surface area contributed by atoms with Gasteiger partial charge in [-0.05, 0) is 53.6 Å². The number of benzene rings is 1. The highest BCUT2D eigenvalue weighted by molar-refractivity contribution is 14.1. The molecular formula is C17H17IN4O. The van der Waals surface area contributed by atoms with E-state index >= 15 is 0 Å². The van der Waals surface area contributed by atoms with E-state index in [1.54, 1.807) is 12.4 Å². The van der Waals surface area contributed by atoms with Gasteiger partial charge in [0.05, 0.1) is 5.69 Å². The zero-order chi connectivity index (χ0) is 16.2. The fourth-order valence-corrected chi connectivity index (χ4v) is 3.28. The topological polar surface area (TPSA) is 58.1 Å². The first-order chi connectivity index (χ1) is 11.1. The van der Waals surface area contributed by atoms with E-state index in [-0.39, 0.29) is 12.1 Å². The molecule has 1 aromatic carbocycles. The molecule has 6 heteroatoms. The lowest BCUT2D eigenvalue weighted by atomic mass is 9.99. The Kier molecular flexibility index (Phi) is 4.90. The molecular weight excluding hydrogens is 403 g/mol. The first-order valence-corrected chi connectivity index (χ1v) is 8.51. The quantitative estimate of drug-likeness (QED) is 0.753. The smallest absolute Gasteiger partial charge is 0.318 e. The third-order valence-electron chi connectivity index (χ3n) is 3.83. The standard InChI is InChI=1S/C17H17IN4O/c1-12-11-13(15-16(18)20-9-8-19-15)7-10-22(12)17(23)21-14-5-3-2-4-6-14/h2-9,12H,10-11H2,1H3,(H,21,23)/t12-/m0/s1. The maximum atomic E-state index is 12.4. The second-order valence-electron chi connectivity index (χ2n) is 5.43. The van der Waals surface area contributed by atoms with Crippen molar-refractivity contribution < 1.29 is 4.79 Å². The molecule has 2 amide bonds. The summed E-state index contributed by atoms with van der Waals surface area (Å²) >= 11 is 2.20. The third-order valence-corrected chi connectivity index (χ3v) is 4.61. The Bertz CT molecular complexity index is 732. The molecule has 2 aromatic rings. The first-order valence-electron chi connectivity index (χ1n) is 7.43. The van der Waals surface area contributed by atoms with Gasteiger partial charge in [-0.25, -0.2) is 9.78 Å². The average Bonchev–Trinajstić information content (AvgIpc) is 2.56. The van der Waals surface area contributed by atoms with Crippen molar-refractivity contribution in [3.63, 3.8) is 0 Å². The highest BCUT2D eigenvalue weighted by atomic mass is 127. The Morgan fingerprint density at radius 3 is 2.70 bits per heavy atom. The molecule has 3 rings (SSSR count). The van der Waals surface area contributed by atoms with Gasteiger partial charge in [-0.1, -0.05) is 24.3 Å². The Balaban J connectivity index is 1.73.